The Morgan fingerprint density at radius 3 is 2.40 bits per heavy atom. The summed E-state index contributed by atoms with van der Waals surface area (Å²) in [5, 5.41) is 0. The molecule has 1 amide bonds. The molecule has 2 N–H and O–H groups in total. The number of carbonyl (C=O) groups is 1. The molecule has 20 heavy (non-hydrogen) atoms. The minimum atomic E-state index is 0.0131. The highest BCUT2D eigenvalue weighted by Crippen LogP contribution is 2.23. The second kappa shape index (κ2) is 7.38. The van der Waals surface area contributed by atoms with Crippen LogP contribution in [0.5, 0.6) is 0 Å². The maximum Gasteiger partial charge on any atom is 0.240 e. The van der Waals surface area contributed by atoms with Crippen LogP contribution < -0.4 is 5.73 Å². The van der Waals surface area contributed by atoms with Crippen molar-refractivity contribution in [3.8, 4) is 0 Å². The second-order valence-electron chi connectivity index (χ2n) is 6.00. The molecule has 0 bridgehead atoms. The normalized spacial score (nSPS) is 26.2. The molecule has 0 radical (unpaired) electrons. The van der Waals surface area contributed by atoms with E-state index in [-0.39, 0.29) is 18.0 Å². The van der Waals surface area contributed by atoms with E-state index in [0.29, 0.717) is 5.92 Å². The third kappa shape index (κ3) is 3.51. The smallest absolute Gasteiger partial charge is 0.240 e. The van der Waals surface area contributed by atoms with Gasteiger partial charge in [0.1, 0.15) is 0 Å². The van der Waals surface area contributed by atoms with E-state index >= 15 is 0 Å². The second-order valence-corrected chi connectivity index (χ2v) is 6.00. The summed E-state index contributed by atoms with van der Waals surface area (Å²) in [4.78, 5) is 17.2. The summed E-state index contributed by atoms with van der Waals surface area (Å²) in [6.45, 7) is 9.13. The molecule has 2 aliphatic heterocycles. The molecule has 0 aromatic rings. The molecule has 116 valence electrons. The zero-order valence-corrected chi connectivity index (χ0v) is 12.9. The average Bonchev–Trinajstić information content (AvgIpc) is 2.91. The molecule has 2 rings (SSSR count). The van der Waals surface area contributed by atoms with Gasteiger partial charge in [-0.2, -0.15) is 0 Å². The summed E-state index contributed by atoms with van der Waals surface area (Å²) in [5.74, 6) is 0.714. The van der Waals surface area contributed by atoms with Crippen LogP contribution in [-0.2, 0) is 9.53 Å². The van der Waals surface area contributed by atoms with E-state index in [1.165, 1.54) is 0 Å². The fourth-order valence-corrected chi connectivity index (χ4v) is 3.42. The molecular formula is C15H29N3O2. The van der Waals surface area contributed by atoms with E-state index in [4.69, 9.17) is 10.5 Å². The van der Waals surface area contributed by atoms with E-state index in [1.54, 1.807) is 0 Å². The lowest BCUT2D eigenvalue weighted by molar-refractivity contribution is -0.140. The van der Waals surface area contributed by atoms with Gasteiger partial charge in [0, 0.05) is 32.2 Å². The van der Waals surface area contributed by atoms with Crippen molar-refractivity contribution in [2.24, 2.45) is 11.7 Å². The van der Waals surface area contributed by atoms with Crippen LogP contribution in [-0.4, -0.2) is 67.2 Å². The number of morpholine rings is 1. The summed E-state index contributed by atoms with van der Waals surface area (Å²) in [6.07, 6.45) is 3.03. The maximum absolute atomic E-state index is 12.9. The molecule has 2 atom stereocenters. The highest BCUT2D eigenvalue weighted by Gasteiger charge is 2.37. The fraction of sp³-hybridized carbons (Fsp3) is 0.933. The first kappa shape index (κ1) is 15.7. The van der Waals surface area contributed by atoms with Crippen LogP contribution in [0, 0.1) is 5.92 Å². The van der Waals surface area contributed by atoms with Crippen LogP contribution in [0.1, 0.15) is 33.1 Å². The number of amides is 1. The van der Waals surface area contributed by atoms with Crippen molar-refractivity contribution in [2.45, 2.75) is 45.2 Å². The fourth-order valence-electron chi connectivity index (χ4n) is 3.42. The quantitative estimate of drug-likeness (QED) is 0.806. The largest absolute Gasteiger partial charge is 0.379 e. The lowest BCUT2D eigenvalue weighted by Gasteiger charge is -2.39. The molecule has 0 aromatic heterocycles. The Kier molecular flexibility index (Phi) is 5.81. The predicted molar refractivity (Wildman–Crippen MR) is 79.4 cm³/mol. The minimum Gasteiger partial charge on any atom is -0.379 e. The minimum absolute atomic E-state index is 0.0131. The lowest BCUT2D eigenvalue weighted by atomic mass is 9.91. The number of rotatable bonds is 5. The Morgan fingerprint density at radius 2 is 1.90 bits per heavy atom. The van der Waals surface area contributed by atoms with Gasteiger partial charge in [0.15, 0.2) is 0 Å². The van der Waals surface area contributed by atoms with Gasteiger partial charge in [-0.15, -0.1) is 0 Å². The zero-order valence-electron chi connectivity index (χ0n) is 12.9. The van der Waals surface area contributed by atoms with Crippen molar-refractivity contribution >= 4 is 5.91 Å². The van der Waals surface area contributed by atoms with Gasteiger partial charge in [-0.25, -0.2) is 0 Å². The van der Waals surface area contributed by atoms with Crippen LogP contribution in [0.25, 0.3) is 0 Å². The molecule has 2 aliphatic rings. The number of hydrogen-bond donors (Lipinski definition) is 1. The molecule has 0 saturated carbocycles. The molecule has 1 unspecified atom stereocenters. The Bertz CT molecular complexity index is 314. The molecule has 0 aliphatic carbocycles. The SMILES string of the molecule is CCC(CC)C(C(=O)N1CC[C@@H](N)C1)N1CCOCC1. The molecule has 5 heteroatoms. The topological polar surface area (TPSA) is 58.8 Å². The van der Waals surface area contributed by atoms with Gasteiger partial charge in [0.05, 0.1) is 19.3 Å². The third-order valence-electron chi connectivity index (χ3n) is 4.72. The summed E-state index contributed by atoms with van der Waals surface area (Å²) in [6, 6.07) is 0.171. The number of ether oxygens (including phenoxy) is 1. The van der Waals surface area contributed by atoms with Crippen LogP contribution in [0.15, 0.2) is 0 Å². The van der Waals surface area contributed by atoms with Gasteiger partial charge in [0.25, 0.3) is 0 Å². The molecule has 2 saturated heterocycles. The Hall–Kier alpha value is -0.650. The maximum atomic E-state index is 12.9. The summed E-state index contributed by atoms with van der Waals surface area (Å²) < 4.78 is 5.43. The summed E-state index contributed by atoms with van der Waals surface area (Å²) in [7, 11) is 0. The van der Waals surface area contributed by atoms with Gasteiger partial charge in [-0.3, -0.25) is 9.69 Å². The van der Waals surface area contributed by atoms with E-state index in [9.17, 15) is 4.79 Å². The Morgan fingerprint density at radius 1 is 1.25 bits per heavy atom. The van der Waals surface area contributed by atoms with Gasteiger partial charge in [-0.1, -0.05) is 26.7 Å². The Labute approximate surface area is 122 Å². The predicted octanol–water partition coefficient (Wildman–Crippen LogP) is 0.683. The van der Waals surface area contributed by atoms with E-state index in [0.717, 1.165) is 58.7 Å². The first-order chi connectivity index (χ1) is 9.67. The molecular weight excluding hydrogens is 254 g/mol. The first-order valence-electron chi connectivity index (χ1n) is 8.03. The van der Waals surface area contributed by atoms with Gasteiger partial charge >= 0.3 is 0 Å². The van der Waals surface area contributed by atoms with E-state index in [1.807, 2.05) is 4.90 Å². The van der Waals surface area contributed by atoms with Crippen LogP contribution >= 0.6 is 0 Å². The standard InChI is InChI=1S/C15H29N3O2/c1-3-12(4-2)14(17-7-9-20-10-8-17)15(19)18-6-5-13(16)11-18/h12-14H,3-11,16H2,1-2H3/t13-,14?/m1/s1. The number of hydrogen-bond acceptors (Lipinski definition) is 4. The van der Waals surface area contributed by atoms with Crippen LogP contribution in [0.4, 0.5) is 0 Å². The lowest BCUT2D eigenvalue weighted by Crippen LogP contribution is -2.55. The number of carbonyl (C=O) groups excluding carboxylic acids is 1. The van der Waals surface area contributed by atoms with Gasteiger partial charge < -0.3 is 15.4 Å². The first-order valence-corrected chi connectivity index (χ1v) is 8.03. The molecule has 0 aromatic carbocycles. The van der Waals surface area contributed by atoms with Crippen molar-refractivity contribution < 1.29 is 9.53 Å². The van der Waals surface area contributed by atoms with Gasteiger partial charge in [-0.05, 0) is 12.3 Å². The van der Waals surface area contributed by atoms with Crippen LogP contribution in [0.3, 0.4) is 0 Å². The van der Waals surface area contributed by atoms with Crippen molar-refractivity contribution in [1.29, 1.82) is 0 Å². The zero-order chi connectivity index (χ0) is 14.5. The number of likely N-dealkylation sites (tertiary alicyclic amines) is 1. The van der Waals surface area contributed by atoms with Crippen molar-refractivity contribution in [1.82, 2.24) is 9.80 Å². The highest BCUT2D eigenvalue weighted by molar-refractivity contribution is 5.82. The highest BCUT2D eigenvalue weighted by atomic mass is 16.5. The summed E-state index contributed by atoms with van der Waals surface area (Å²) >= 11 is 0. The molecule has 5 nitrogen and oxygen atoms in total. The van der Waals surface area contributed by atoms with E-state index in [2.05, 4.69) is 18.7 Å². The third-order valence-corrected chi connectivity index (χ3v) is 4.72. The molecule has 2 heterocycles. The number of nitrogens with two attached hydrogens (primary N) is 1. The van der Waals surface area contributed by atoms with Gasteiger partial charge in [0.2, 0.25) is 5.91 Å². The van der Waals surface area contributed by atoms with Crippen molar-refractivity contribution in [2.75, 3.05) is 39.4 Å². The molecule has 2 fully saturated rings. The number of nitrogens with zero attached hydrogens (tertiary/aromatic N) is 2. The summed E-state index contributed by atoms with van der Waals surface area (Å²) in [5.41, 5.74) is 5.96. The van der Waals surface area contributed by atoms with Crippen LogP contribution in [0.2, 0.25) is 0 Å². The van der Waals surface area contributed by atoms with E-state index < -0.39 is 0 Å². The average molecular weight is 283 g/mol. The Balaban J connectivity index is 2.09. The van der Waals surface area contributed by atoms with Crippen molar-refractivity contribution in [3.05, 3.63) is 0 Å². The molecule has 0 spiro atoms. The monoisotopic (exact) mass is 283 g/mol. The van der Waals surface area contributed by atoms with Crippen molar-refractivity contribution in [3.63, 3.8) is 0 Å².